The number of aromatic amines is 1. The molecule has 14 heavy (non-hydrogen) atoms. The van der Waals surface area contributed by atoms with Crippen molar-refractivity contribution in [3.05, 3.63) is 59.9 Å². The van der Waals surface area contributed by atoms with E-state index < -0.39 is 0 Å². The smallest absolute Gasteiger partial charge is 0.111 e. The molecule has 0 aliphatic carbocycles. The fourth-order valence-electron chi connectivity index (χ4n) is 1.49. The van der Waals surface area contributed by atoms with Crippen LogP contribution in [0.5, 0.6) is 0 Å². The molecule has 1 aromatic heterocycles. The number of nitriles is 1. The van der Waals surface area contributed by atoms with E-state index in [0.29, 0.717) is 0 Å². The third kappa shape index (κ3) is 1.53. The van der Waals surface area contributed by atoms with Gasteiger partial charge in [0.1, 0.15) is 5.92 Å². The lowest BCUT2D eigenvalue weighted by molar-refractivity contribution is 0.985. The highest BCUT2D eigenvalue weighted by molar-refractivity contribution is 5.34. The van der Waals surface area contributed by atoms with E-state index in [9.17, 15) is 0 Å². The Labute approximate surface area is 82.8 Å². The van der Waals surface area contributed by atoms with E-state index in [-0.39, 0.29) is 5.92 Å². The van der Waals surface area contributed by atoms with Crippen molar-refractivity contribution in [1.82, 2.24) is 4.98 Å². The van der Waals surface area contributed by atoms with Crippen molar-refractivity contribution in [3.8, 4) is 6.07 Å². The number of benzene rings is 1. The summed E-state index contributed by atoms with van der Waals surface area (Å²) in [6.07, 6.45) is 1.84. The second kappa shape index (κ2) is 3.80. The van der Waals surface area contributed by atoms with Gasteiger partial charge in [0.2, 0.25) is 0 Å². The van der Waals surface area contributed by atoms with Gasteiger partial charge >= 0.3 is 0 Å². The molecule has 0 fully saturated rings. The van der Waals surface area contributed by atoms with E-state index in [2.05, 4.69) is 11.1 Å². The van der Waals surface area contributed by atoms with E-state index in [1.807, 2.05) is 48.7 Å². The molecule has 1 heterocycles. The average molecular weight is 182 g/mol. The van der Waals surface area contributed by atoms with E-state index >= 15 is 0 Å². The first kappa shape index (κ1) is 8.58. The summed E-state index contributed by atoms with van der Waals surface area (Å²) < 4.78 is 0. The molecule has 0 aliphatic rings. The van der Waals surface area contributed by atoms with E-state index in [1.54, 1.807) is 0 Å². The van der Waals surface area contributed by atoms with Crippen LogP contribution in [0.4, 0.5) is 0 Å². The van der Waals surface area contributed by atoms with Crippen LogP contribution in [0.15, 0.2) is 48.7 Å². The van der Waals surface area contributed by atoms with Gasteiger partial charge in [0.15, 0.2) is 0 Å². The molecular weight excluding hydrogens is 172 g/mol. The van der Waals surface area contributed by atoms with Crippen molar-refractivity contribution in [3.63, 3.8) is 0 Å². The van der Waals surface area contributed by atoms with Gasteiger partial charge < -0.3 is 4.98 Å². The molecule has 1 N–H and O–H groups in total. The minimum atomic E-state index is -0.189. The summed E-state index contributed by atoms with van der Waals surface area (Å²) in [7, 11) is 0. The molecule has 0 bridgehead atoms. The minimum Gasteiger partial charge on any atom is -0.364 e. The number of H-pyrrole nitrogens is 1. The second-order valence-electron chi connectivity index (χ2n) is 3.10. The third-order valence-corrected chi connectivity index (χ3v) is 2.20. The SMILES string of the molecule is N#C[C@H](c1ccccc1)c1ccc[nH]1. The Bertz CT molecular complexity index is 423. The predicted octanol–water partition coefficient (Wildman–Crippen LogP) is 2.67. The van der Waals surface area contributed by atoms with Crippen LogP contribution >= 0.6 is 0 Å². The third-order valence-electron chi connectivity index (χ3n) is 2.20. The Kier molecular flexibility index (Phi) is 2.33. The zero-order valence-corrected chi connectivity index (χ0v) is 7.64. The molecule has 0 unspecified atom stereocenters. The molecular formula is C12H10N2. The van der Waals surface area contributed by atoms with Gasteiger partial charge in [0, 0.05) is 11.9 Å². The standard InChI is InChI=1S/C12H10N2/c13-9-11(12-7-4-8-14-12)10-5-2-1-3-6-10/h1-8,11,14H/t11-/m1/s1. The summed E-state index contributed by atoms with van der Waals surface area (Å²) in [5, 5.41) is 9.08. The van der Waals surface area contributed by atoms with Crippen molar-refractivity contribution in [2.75, 3.05) is 0 Å². The number of rotatable bonds is 2. The Morgan fingerprint density at radius 2 is 1.86 bits per heavy atom. The fourth-order valence-corrected chi connectivity index (χ4v) is 1.49. The topological polar surface area (TPSA) is 39.6 Å². The second-order valence-corrected chi connectivity index (χ2v) is 3.10. The van der Waals surface area contributed by atoms with Crippen LogP contribution in [0.25, 0.3) is 0 Å². The molecule has 0 saturated heterocycles. The van der Waals surface area contributed by atoms with Gasteiger partial charge in [-0.3, -0.25) is 0 Å². The predicted molar refractivity (Wildman–Crippen MR) is 54.7 cm³/mol. The number of aromatic nitrogens is 1. The Balaban J connectivity index is 2.38. The lowest BCUT2D eigenvalue weighted by atomic mass is 9.98. The molecule has 0 radical (unpaired) electrons. The summed E-state index contributed by atoms with van der Waals surface area (Å²) >= 11 is 0. The van der Waals surface area contributed by atoms with Crippen LogP contribution in [0.2, 0.25) is 0 Å². The van der Waals surface area contributed by atoms with Gasteiger partial charge in [-0.1, -0.05) is 30.3 Å². The van der Waals surface area contributed by atoms with Crippen molar-refractivity contribution < 1.29 is 0 Å². The lowest BCUT2D eigenvalue weighted by Gasteiger charge is -2.06. The highest BCUT2D eigenvalue weighted by atomic mass is 14.7. The first-order chi connectivity index (χ1) is 6.92. The van der Waals surface area contributed by atoms with Gasteiger partial charge in [0.25, 0.3) is 0 Å². The summed E-state index contributed by atoms with van der Waals surface area (Å²) in [5.41, 5.74) is 1.97. The molecule has 0 amide bonds. The van der Waals surface area contributed by atoms with Crippen LogP contribution in [0.1, 0.15) is 17.2 Å². The Hall–Kier alpha value is -2.01. The zero-order valence-electron chi connectivity index (χ0n) is 7.64. The first-order valence-electron chi connectivity index (χ1n) is 4.49. The van der Waals surface area contributed by atoms with Gasteiger partial charge in [0.05, 0.1) is 6.07 Å². The molecule has 1 atom stereocenters. The monoisotopic (exact) mass is 182 g/mol. The van der Waals surface area contributed by atoms with Gasteiger partial charge in [-0.25, -0.2) is 0 Å². The quantitative estimate of drug-likeness (QED) is 0.762. The molecule has 0 spiro atoms. The highest BCUT2D eigenvalue weighted by Crippen LogP contribution is 2.21. The van der Waals surface area contributed by atoms with Gasteiger partial charge in [-0.15, -0.1) is 0 Å². The number of nitrogens with one attached hydrogen (secondary N) is 1. The molecule has 0 saturated carbocycles. The minimum absolute atomic E-state index is 0.189. The lowest BCUT2D eigenvalue weighted by Crippen LogP contribution is -1.97. The van der Waals surface area contributed by atoms with Crippen molar-refractivity contribution in [2.24, 2.45) is 0 Å². The van der Waals surface area contributed by atoms with Crippen LogP contribution < -0.4 is 0 Å². The molecule has 0 aliphatic heterocycles. The fraction of sp³-hybridized carbons (Fsp3) is 0.0833. The normalized spacial score (nSPS) is 11.9. The largest absolute Gasteiger partial charge is 0.364 e. The summed E-state index contributed by atoms with van der Waals surface area (Å²) in [6.45, 7) is 0. The van der Waals surface area contributed by atoms with Crippen LogP contribution in [0, 0.1) is 11.3 Å². The highest BCUT2D eigenvalue weighted by Gasteiger charge is 2.12. The van der Waals surface area contributed by atoms with Gasteiger partial charge in [-0.05, 0) is 17.7 Å². The Morgan fingerprint density at radius 1 is 1.07 bits per heavy atom. The molecule has 68 valence electrons. The van der Waals surface area contributed by atoms with Crippen molar-refractivity contribution >= 4 is 0 Å². The summed E-state index contributed by atoms with van der Waals surface area (Å²) in [6, 6.07) is 15.9. The van der Waals surface area contributed by atoms with Crippen LogP contribution in [0.3, 0.4) is 0 Å². The molecule has 2 heteroatoms. The molecule has 1 aromatic carbocycles. The van der Waals surface area contributed by atoms with Gasteiger partial charge in [-0.2, -0.15) is 5.26 Å². The van der Waals surface area contributed by atoms with Crippen molar-refractivity contribution in [2.45, 2.75) is 5.92 Å². The molecule has 2 rings (SSSR count). The van der Waals surface area contributed by atoms with Crippen molar-refractivity contribution in [1.29, 1.82) is 5.26 Å². The van der Waals surface area contributed by atoms with Crippen LogP contribution in [-0.2, 0) is 0 Å². The number of nitrogens with zero attached hydrogens (tertiary/aromatic N) is 1. The van der Waals surface area contributed by atoms with E-state index in [1.165, 1.54) is 0 Å². The molecule has 2 nitrogen and oxygen atoms in total. The van der Waals surface area contributed by atoms with E-state index in [4.69, 9.17) is 5.26 Å². The maximum absolute atomic E-state index is 9.08. The number of hydrogen-bond acceptors (Lipinski definition) is 1. The summed E-state index contributed by atoms with van der Waals surface area (Å²) in [4.78, 5) is 3.06. The van der Waals surface area contributed by atoms with Crippen LogP contribution in [-0.4, -0.2) is 4.98 Å². The first-order valence-corrected chi connectivity index (χ1v) is 4.49. The summed E-state index contributed by atoms with van der Waals surface area (Å²) in [5.74, 6) is -0.189. The maximum Gasteiger partial charge on any atom is 0.111 e. The number of hydrogen-bond donors (Lipinski definition) is 1. The molecule has 2 aromatic rings. The maximum atomic E-state index is 9.08. The zero-order chi connectivity index (χ0) is 9.80. The average Bonchev–Trinajstić information content (AvgIpc) is 2.74. The van der Waals surface area contributed by atoms with E-state index in [0.717, 1.165) is 11.3 Å². The Morgan fingerprint density at radius 3 is 2.43 bits per heavy atom.